The van der Waals surface area contributed by atoms with Crippen molar-refractivity contribution in [2.75, 3.05) is 32.8 Å². The van der Waals surface area contributed by atoms with E-state index in [0.29, 0.717) is 19.6 Å². The van der Waals surface area contributed by atoms with E-state index in [0.717, 1.165) is 31.9 Å². The quantitative estimate of drug-likeness (QED) is 0.110. The van der Waals surface area contributed by atoms with Crippen LogP contribution >= 0.6 is 0 Å². The van der Waals surface area contributed by atoms with E-state index >= 15 is 0 Å². The number of pyridine rings is 1. The van der Waals surface area contributed by atoms with Gasteiger partial charge in [-0.25, -0.2) is 13.2 Å². The fourth-order valence-electron chi connectivity index (χ4n) is 4.41. The summed E-state index contributed by atoms with van der Waals surface area (Å²) in [5.74, 6) is -4.21. The zero-order valence-corrected chi connectivity index (χ0v) is 25.4. The Morgan fingerprint density at radius 1 is 1.27 bits per heavy atom. The first-order valence-electron chi connectivity index (χ1n) is 14.1. The molecule has 1 saturated heterocycles. The lowest BCUT2D eigenvalue weighted by Crippen LogP contribution is -2.52. The van der Waals surface area contributed by atoms with Crippen molar-refractivity contribution in [3.63, 3.8) is 0 Å². The summed E-state index contributed by atoms with van der Waals surface area (Å²) in [7, 11) is -4.16. The van der Waals surface area contributed by atoms with Gasteiger partial charge in [0.25, 0.3) is 0 Å². The highest BCUT2D eigenvalue weighted by Gasteiger charge is 2.39. The van der Waals surface area contributed by atoms with Gasteiger partial charge in [0.15, 0.2) is 5.96 Å². The Labute approximate surface area is 258 Å². The molecule has 1 aromatic rings. The van der Waals surface area contributed by atoms with Gasteiger partial charge in [-0.1, -0.05) is 0 Å². The molecule has 0 spiro atoms. The average molecular weight is 666 g/mol. The number of hydrogen-bond acceptors (Lipinski definition) is 9. The summed E-state index contributed by atoms with van der Waals surface area (Å²) in [5.41, 5.74) is 5.59. The number of halogens is 3. The SMILES string of the molecule is CCOC(=O)CCN(C(=O)[C@H](CC(=O)NC[C@@H]1CCCN(C(=N)N)C1)NS(=O)(=O)c1cccnc1)C1CC1.O=C(O)C(F)(F)F. The van der Waals surface area contributed by atoms with E-state index in [4.69, 9.17) is 25.8 Å². The highest BCUT2D eigenvalue weighted by molar-refractivity contribution is 7.89. The summed E-state index contributed by atoms with van der Waals surface area (Å²) in [4.78, 5) is 54.2. The van der Waals surface area contributed by atoms with Crippen molar-refractivity contribution in [2.24, 2.45) is 11.7 Å². The molecule has 2 atom stereocenters. The third kappa shape index (κ3) is 12.9. The number of guanidine groups is 1. The molecule has 6 N–H and O–H groups in total. The van der Waals surface area contributed by atoms with E-state index in [1.165, 1.54) is 23.2 Å². The van der Waals surface area contributed by atoms with Gasteiger partial charge in [-0.2, -0.15) is 17.9 Å². The average Bonchev–Trinajstić information content (AvgIpc) is 3.82. The van der Waals surface area contributed by atoms with Crippen LogP contribution in [0.3, 0.4) is 0 Å². The van der Waals surface area contributed by atoms with Gasteiger partial charge in [-0.3, -0.25) is 24.8 Å². The number of aliphatic carboxylic acids is 1. The molecule has 1 aromatic heterocycles. The molecule has 252 valence electrons. The maximum Gasteiger partial charge on any atom is 0.490 e. The van der Waals surface area contributed by atoms with Crippen LogP contribution in [0.5, 0.6) is 0 Å². The maximum absolute atomic E-state index is 13.6. The fraction of sp³-hybridized carbons (Fsp3) is 0.615. The van der Waals surface area contributed by atoms with E-state index < -0.39 is 52.4 Å². The van der Waals surface area contributed by atoms with E-state index in [-0.39, 0.29) is 42.4 Å². The number of hydrogen-bond donors (Lipinski definition) is 5. The number of esters is 1. The molecule has 2 amide bonds. The van der Waals surface area contributed by atoms with Crippen LogP contribution in [0.4, 0.5) is 13.2 Å². The Bertz CT molecular complexity index is 1300. The lowest BCUT2D eigenvalue weighted by atomic mass is 9.98. The Morgan fingerprint density at radius 2 is 1.93 bits per heavy atom. The number of nitrogens with zero attached hydrogens (tertiary/aromatic N) is 3. The van der Waals surface area contributed by atoms with Crippen molar-refractivity contribution in [2.45, 2.75) is 68.6 Å². The number of carbonyl (C=O) groups excluding carboxylic acids is 3. The Morgan fingerprint density at radius 3 is 2.47 bits per heavy atom. The zero-order valence-electron chi connectivity index (χ0n) is 24.6. The molecule has 1 saturated carbocycles. The highest BCUT2D eigenvalue weighted by Crippen LogP contribution is 2.28. The van der Waals surface area contributed by atoms with E-state index in [1.807, 2.05) is 0 Å². The zero-order chi connectivity index (χ0) is 33.8. The molecule has 19 heteroatoms. The number of likely N-dealkylation sites (tertiary alicyclic amines) is 1. The summed E-state index contributed by atoms with van der Waals surface area (Å²) in [6.45, 7) is 3.51. The third-order valence-corrected chi connectivity index (χ3v) is 8.21. The van der Waals surface area contributed by atoms with Crippen LogP contribution in [0, 0.1) is 11.3 Å². The van der Waals surface area contributed by atoms with Crippen molar-refractivity contribution in [3.05, 3.63) is 24.5 Å². The molecular formula is C26H38F3N7O8S. The van der Waals surface area contributed by atoms with Crippen LogP contribution in [-0.2, 0) is 33.9 Å². The molecule has 0 radical (unpaired) electrons. The van der Waals surface area contributed by atoms with Crippen LogP contribution < -0.4 is 15.8 Å². The predicted octanol–water partition coefficient (Wildman–Crippen LogP) is 0.418. The Kier molecular flexibility index (Phi) is 14.0. The van der Waals surface area contributed by atoms with Crippen LogP contribution in [-0.4, -0.2) is 109 Å². The number of carboxylic acids is 1. The molecule has 2 aliphatic rings. The number of alkyl halides is 3. The number of nitrogens with two attached hydrogens (primary N) is 1. The molecule has 15 nitrogen and oxygen atoms in total. The standard InChI is InChI=1S/C24H37N7O6S.C2HF3O2/c1-2-37-22(33)9-12-31(18-7-8-18)23(34)20(29-38(35,36)19-6-3-10-27-15-19)13-21(32)28-14-17-5-4-11-30(16-17)24(25)26;3-2(4,5)1(6)7/h3,6,10,15,17-18,20,29H,2,4-5,7-9,11-14,16H2,1H3,(H3,25,26)(H,28,32);(H,6,7)/t17-,20-;/m0./s1. The minimum Gasteiger partial charge on any atom is -0.475 e. The molecule has 0 bridgehead atoms. The van der Waals surface area contributed by atoms with Crippen LogP contribution in [0.15, 0.2) is 29.4 Å². The molecule has 1 aliphatic heterocycles. The number of amides is 2. The number of aromatic nitrogens is 1. The molecule has 3 rings (SSSR count). The second-order valence-electron chi connectivity index (χ2n) is 10.3. The first-order valence-corrected chi connectivity index (χ1v) is 15.6. The molecule has 0 aromatic carbocycles. The van der Waals surface area contributed by atoms with E-state index in [2.05, 4.69) is 15.0 Å². The normalized spacial score (nSPS) is 17.2. The number of rotatable bonds is 13. The second kappa shape index (κ2) is 16.9. The fourth-order valence-corrected chi connectivity index (χ4v) is 5.56. The molecule has 2 fully saturated rings. The van der Waals surface area contributed by atoms with Gasteiger partial charge in [0.2, 0.25) is 21.8 Å². The molecule has 45 heavy (non-hydrogen) atoms. The lowest BCUT2D eigenvalue weighted by Gasteiger charge is -2.33. The van der Waals surface area contributed by atoms with Crippen LogP contribution in [0.1, 0.15) is 45.4 Å². The van der Waals surface area contributed by atoms with Crippen molar-refractivity contribution in [3.8, 4) is 0 Å². The third-order valence-electron chi connectivity index (χ3n) is 6.75. The first kappa shape index (κ1) is 37.2. The number of nitrogens with one attached hydrogen (secondary N) is 3. The Balaban J connectivity index is 0.000000900. The van der Waals surface area contributed by atoms with Gasteiger partial charge in [-0.15, -0.1) is 0 Å². The van der Waals surface area contributed by atoms with Crippen molar-refractivity contribution in [1.82, 2.24) is 24.8 Å². The smallest absolute Gasteiger partial charge is 0.475 e. The minimum absolute atomic E-state index is 0.0144. The van der Waals surface area contributed by atoms with Crippen LogP contribution in [0.2, 0.25) is 0 Å². The number of piperidine rings is 1. The highest BCUT2D eigenvalue weighted by atomic mass is 32.2. The summed E-state index contributed by atoms with van der Waals surface area (Å²) < 4.78 is 65.1. The van der Waals surface area contributed by atoms with E-state index in [1.54, 1.807) is 11.8 Å². The number of carbonyl (C=O) groups is 4. The first-order chi connectivity index (χ1) is 21.0. The van der Waals surface area contributed by atoms with Crippen LogP contribution in [0.25, 0.3) is 0 Å². The van der Waals surface area contributed by atoms with Gasteiger partial charge >= 0.3 is 18.1 Å². The summed E-state index contributed by atoms with van der Waals surface area (Å²) in [5, 5.41) is 17.6. The summed E-state index contributed by atoms with van der Waals surface area (Å²) in [6.07, 6.45) is 0.217. The maximum atomic E-state index is 13.6. The summed E-state index contributed by atoms with van der Waals surface area (Å²) in [6, 6.07) is 1.32. The van der Waals surface area contributed by atoms with Crippen molar-refractivity contribution in [1.29, 1.82) is 5.41 Å². The van der Waals surface area contributed by atoms with Gasteiger partial charge < -0.3 is 30.7 Å². The monoisotopic (exact) mass is 665 g/mol. The molecule has 2 heterocycles. The molecule has 0 unspecified atom stereocenters. The molecule has 1 aliphatic carbocycles. The van der Waals surface area contributed by atoms with Gasteiger partial charge in [0.1, 0.15) is 10.9 Å². The predicted molar refractivity (Wildman–Crippen MR) is 152 cm³/mol. The van der Waals surface area contributed by atoms with Gasteiger partial charge in [0.05, 0.1) is 19.4 Å². The van der Waals surface area contributed by atoms with E-state index in [9.17, 15) is 36.0 Å². The largest absolute Gasteiger partial charge is 0.490 e. The topological polar surface area (TPSA) is 225 Å². The van der Waals surface area contributed by atoms with Crippen molar-refractivity contribution < 1.29 is 50.6 Å². The Hall–Kier alpha value is -4.00. The summed E-state index contributed by atoms with van der Waals surface area (Å²) >= 11 is 0. The lowest BCUT2D eigenvalue weighted by molar-refractivity contribution is -0.192. The van der Waals surface area contributed by atoms with Gasteiger partial charge in [0, 0.05) is 44.6 Å². The number of ether oxygens (including phenoxy) is 1. The van der Waals surface area contributed by atoms with Gasteiger partial charge in [-0.05, 0) is 50.7 Å². The number of carboxylic acid groups (broad SMARTS) is 1. The molecular weight excluding hydrogens is 627 g/mol. The minimum atomic E-state index is -5.08. The van der Waals surface area contributed by atoms with Crippen molar-refractivity contribution >= 4 is 39.7 Å². The second-order valence-corrected chi connectivity index (χ2v) is 12.0. The number of sulfonamides is 1.